The summed E-state index contributed by atoms with van der Waals surface area (Å²) in [7, 11) is 1.11. The second kappa shape index (κ2) is 4.66. The third-order valence-electron chi connectivity index (χ3n) is 1.53. The van der Waals surface area contributed by atoms with E-state index in [0.717, 1.165) is 7.11 Å². The SMILES string of the molecule is COC(=O)C(=O)CC(=O)c1cccs1. The number of methoxy groups -OCH3 is 1. The van der Waals surface area contributed by atoms with E-state index in [1.807, 2.05) is 0 Å². The molecule has 0 aliphatic carbocycles. The Kier molecular flexibility index (Phi) is 3.53. The molecule has 1 heterocycles. The molecule has 74 valence electrons. The summed E-state index contributed by atoms with van der Waals surface area (Å²) in [6.45, 7) is 0. The standard InChI is InChI=1S/C9H8O4S/c1-13-9(12)7(11)5-6(10)8-3-2-4-14-8/h2-4H,5H2,1H3. The van der Waals surface area contributed by atoms with Gasteiger partial charge in [0.2, 0.25) is 5.78 Å². The van der Waals surface area contributed by atoms with Gasteiger partial charge >= 0.3 is 5.97 Å². The number of hydrogen-bond donors (Lipinski definition) is 0. The topological polar surface area (TPSA) is 60.4 Å². The Hall–Kier alpha value is -1.49. The molecular formula is C9H8O4S. The molecule has 0 atom stereocenters. The highest BCUT2D eigenvalue weighted by atomic mass is 32.1. The first-order valence-corrected chi connectivity index (χ1v) is 4.71. The minimum atomic E-state index is -0.977. The van der Waals surface area contributed by atoms with Crippen LogP contribution in [0.3, 0.4) is 0 Å². The number of Topliss-reactive ketones (excluding diaryl/α,β-unsaturated/α-hetero) is 2. The summed E-state index contributed by atoms with van der Waals surface area (Å²) in [5, 5.41) is 1.73. The molecule has 0 amide bonds. The van der Waals surface area contributed by atoms with Crippen LogP contribution in [0.2, 0.25) is 0 Å². The molecule has 0 fully saturated rings. The van der Waals surface area contributed by atoms with Crippen LogP contribution in [0.1, 0.15) is 16.1 Å². The maximum absolute atomic E-state index is 11.3. The maximum Gasteiger partial charge on any atom is 0.374 e. The molecular weight excluding hydrogens is 204 g/mol. The zero-order chi connectivity index (χ0) is 10.6. The zero-order valence-electron chi connectivity index (χ0n) is 7.48. The highest BCUT2D eigenvalue weighted by Gasteiger charge is 2.19. The van der Waals surface area contributed by atoms with Crippen LogP contribution in [0.5, 0.6) is 0 Å². The predicted molar refractivity (Wildman–Crippen MR) is 50.3 cm³/mol. The molecule has 4 nitrogen and oxygen atoms in total. The van der Waals surface area contributed by atoms with Crippen molar-refractivity contribution in [2.24, 2.45) is 0 Å². The second-order valence-electron chi connectivity index (χ2n) is 2.49. The zero-order valence-corrected chi connectivity index (χ0v) is 8.30. The highest BCUT2D eigenvalue weighted by molar-refractivity contribution is 7.12. The average molecular weight is 212 g/mol. The predicted octanol–water partition coefficient (Wildman–Crippen LogP) is 1.06. The molecule has 0 unspecified atom stereocenters. The molecule has 0 saturated carbocycles. The third-order valence-corrected chi connectivity index (χ3v) is 2.44. The van der Waals surface area contributed by atoms with E-state index in [0.29, 0.717) is 4.88 Å². The van der Waals surface area contributed by atoms with Gasteiger partial charge in [-0.25, -0.2) is 4.79 Å². The number of carbonyl (C=O) groups excluding carboxylic acids is 3. The number of ether oxygens (including phenoxy) is 1. The molecule has 0 aliphatic rings. The van der Waals surface area contributed by atoms with Gasteiger partial charge in [0, 0.05) is 0 Å². The van der Waals surface area contributed by atoms with Crippen molar-refractivity contribution < 1.29 is 19.1 Å². The number of thiophene rings is 1. The van der Waals surface area contributed by atoms with Crippen molar-refractivity contribution in [3.05, 3.63) is 22.4 Å². The van der Waals surface area contributed by atoms with E-state index in [2.05, 4.69) is 4.74 Å². The summed E-state index contributed by atoms with van der Waals surface area (Å²) < 4.78 is 4.19. The van der Waals surface area contributed by atoms with Gasteiger partial charge in [0.05, 0.1) is 18.4 Å². The van der Waals surface area contributed by atoms with Crippen LogP contribution in [0.4, 0.5) is 0 Å². The lowest BCUT2D eigenvalue weighted by molar-refractivity contribution is -0.151. The molecule has 0 saturated heterocycles. The summed E-state index contributed by atoms with van der Waals surface area (Å²) in [6.07, 6.45) is -0.423. The van der Waals surface area contributed by atoms with Gasteiger partial charge in [0.1, 0.15) is 0 Å². The van der Waals surface area contributed by atoms with Crippen molar-refractivity contribution >= 4 is 28.9 Å². The Morgan fingerprint density at radius 1 is 1.43 bits per heavy atom. The lowest BCUT2D eigenvalue weighted by Gasteiger charge is -1.96. The molecule has 0 aromatic carbocycles. The van der Waals surface area contributed by atoms with E-state index < -0.39 is 18.2 Å². The summed E-state index contributed by atoms with van der Waals surface area (Å²) in [6, 6.07) is 3.32. The fourth-order valence-electron chi connectivity index (χ4n) is 0.856. The van der Waals surface area contributed by atoms with E-state index >= 15 is 0 Å². The fourth-order valence-corrected chi connectivity index (χ4v) is 1.52. The van der Waals surface area contributed by atoms with Crippen LogP contribution >= 0.6 is 11.3 Å². The molecule has 1 aromatic rings. The van der Waals surface area contributed by atoms with Crippen LogP contribution in [0.15, 0.2) is 17.5 Å². The van der Waals surface area contributed by atoms with E-state index in [4.69, 9.17) is 0 Å². The fraction of sp³-hybridized carbons (Fsp3) is 0.222. The lowest BCUT2D eigenvalue weighted by Crippen LogP contribution is -2.18. The second-order valence-corrected chi connectivity index (χ2v) is 3.44. The van der Waals surface area contributed by atoms with Crippen molar-refractivity contribution in [1.29, 1.82) is 0 Å². The number of ketones is 2. The molecule has 0 N–H and O–H groups in total. The van der Waals surface area contributed by atoms with Crippen LogP contribution in [0, 0.1) is 0 Å². The summed E-state index contributed by atoms with van der Waals surface area (Å²) >= 11 is 1.24. The molecule has 1 aromatic heterocycles. The van der Waals surface area contributed by atoms with Crippen LogP contribution in [-0.4, -0.2) is 24.6 Å². The van der Waals surface area contributed by atoms with Crippen LogP contribution < -0.4 is 0 Å². The maximum atomic E-state index is 11.3. The van der Waals surface area contributed by atoms with Crippen molar-refractivity contribution in [3.8, 4) is 0 Å². The van der Waals surface area contributed by atoms with E-state index in [1.54, 1.807) is 17.5 Å². The molecule has 5 heteroatoms. The molecule has 0 aliphatic heterocycles. The van der Waals surface area contributed by atoms with Crippen molar-refractivity contribution in [3.63, 3.8) is 0 Å². The van der Waals surface area contributed by atoms with Gasteiger partial charge in [-0.2, -0.15) is 0 Å². The first kappa shape index (κ1) is 10.6. The quantitative estimate of drug-likeness (QED) is 0.324. The van der Waals surface area contributed by atoms with Crippen LogP contribution in [0.25, 0.3) is 0 Å². The van der Waals surface area contributed by atoms with Crippen molar-refractivity contribution in [2.45, 2.75) is 6.42 Å². The van der Waals surface area contributed by atoms with E-state index in [-0.39, 0.29) is 5.78 Å². The third kappa shape index (κ3) is 2.50. The first-order chi connectivity index (χ1) is 6.65. The summed E-state index contributed by atoms with van der Waals surface area (Å²) in [4.78, 5) is 33.5. The monoisotopic (exact) mass is 212 g/mol. The normalized spacial score (nSPS) is 9.50. The molecule has 0 radical (unpaired) electrons. The van der Waals surface area contributed by atoms with Gasteiger partial charge < -0.3 is 4.74 Å². The Morgan fingerprint density at radius 2 is 2.14 bits per heavy atom. The minimum Gasteiger partial charge on any atom is -0.463 e. The minimum absolute atomic E-state index is 0.351. The lowest BCUT2D eigenvalue weighted by atomic mass is 10.2. The van der Waals surface area contributed by atoms with Gasteiger partial charge in [0.15, 0.2) is 5.78 Å². The Bertz CT molecular complexity index is 353. The van der Waals surface area contributed by atoms with Gasteiger partial charge in [-0.05, 0) is 11.4 Å². The largest absolute Gasteiger partial charge is 0.463 e. The van der Waals surface area contributed by atoms with Crippen molar-refractivity contribution in [1.82, 2.24) is 0 Å². The van der Waals surface area contributed by atoms with E-state index in [1.165, 1.54) is 11.3 Å². The number of hydrogen-bond acceptors (Lipinski definition) is 5. The number of carbonyl (C=O) groups is 3. The first-order valence-electron chi connectivity index (χ1n) is 3.83. The Labute approximate surface area is 84.5 Å². The summed E-state index contributed by atoms with van der Waals surface area (Å²) in [5.74, 6) is -2.14. The van der Waals surface area contributed by atoms with Gasteiger partial charge in [-0.3, -0.25) is 9.59 Å². The number of rotatable bonds is 4. The molecule has 1 rings (SSSR count). The Balaban J connectivity index is 2.58. The van der Waals surface area contributed by atoms with Gasteiger partial charge in [-0.15, -0.1) is 11.3 Å². The van der Waals surface area contributed by atoms with Crippen molar-refractivity contribution in [2.75, 3.05) is 7.11 Å². The summed E-state index contributed by atoms with van der Waals surface area (Å²) in [5.41, 5.74) is 0. The highest BCUT2D eigenvalue weighted by Crippen LogP contribution is 2.11. The van der Waals surface area contributed by atoms with Gasteiger partial charge in [-0.1, -0.05) is 6.07 Å². The van der Waals surface area contributed by atoms with Gasteiger partial charge in [0.25, 0.3) is 0 Å². The molecule has 0 bridgehead atoms. The average Bonchev–Trinajstić information content (AvgIpc) is 2.69. The van der Waals surface area contributed by atoms with E-state index in [9.17, 15) is 14.4 Å². The molecule has 0 spiro atoms. The smallest absolute Gasteiger partial charge is 0.374 e. The van der Waals surface area contributed by atoms with Crippen LogP contribution in [-0.2, 0) is 14.3 Å². The number of esters is 1. The molecule has 14 heavy (non-hydrogen) atoms. The Morgan fingerprint density at radius 3 is 2.64 bits per heavy atom.